The third-order valence-electron chi connectivity index (χ3n) is 20.4. The normalized spacial score (nSPS) is 25.5. The Morgan fingerprint density at radius 2 is 0.875 bits per heavy atom. The number of Topliss-reactive ketones (excluding diaryl/α,β-unsaturated/α-hetero) is 1. The van der Waals surface area contributed by atoms with Crippen molar-refractivity contribution in [2.45, 2.75) is 219 Å². The number of rotatable bonds is 15. The van der Waals surface area contributed by atoms with Gasteiger partial charge in [-0.05, 0) is 108 Å². The zero-order valence-corrected chi connectivity index (χ0v) is 65.3. The van der Waals surface area contributed by atoms with Crippen LogP contribution in [0.25, 0.3) is 0 Å². The molecule has 2 aliphatic rings. The largest absolute Gasteiger partial charge is 0.393 e. The molecule has 12 atom stereocenters. The Bertz CT molecular complexity index is 3420. The highest BCUT2D eigenvalue weighted by Gasteiger charge is 2.46. The Balaban J connectivity index is 1.73. The zero-order chi connectivity index (χ0) is 77.9. The lowest BCUT2D eigenvalue weighted by Gasteiger charge is -2.39. The minimum absolute atomic E-state index is 0.0634. The van der Waals surface area contributed by atoms with Crippen molar-refractivity contribution in [3.05, 3.63) is 108 Å². The molecule has 0 radical (unpaired) electrons. The van der Waals surface area contributed by atoms with E-state index in [1.165, 1.54) is 102 Å². The van der Waals surface area contributed by atoms with Gasteiger partial charge in [0.15, 0.2) is 5.78 Å². The van der Waals surface area contributed by atoms with Crippen LogP contribution in [0.2, 0.25) is 0 Å². The summed E-state index contributed by atoms with van der Waals surface area (Å²) in [6, 6.07) is 13.2. The molecular weight excluding hydrogens is 1330 g/mol. The minimum Gasteiger partial charge on any atom is -0.393 e. The van der Waals surface area contributed by atoms with Crippen LogP contribution in [0.1, 0.15) is 145 Å². The Morgan fingerprint density at radius 1 is 0.471 bits per heavy atom. The second kappa shape index (κ2) is 39.0. The van der Waals surface area contributed by atoms with Crippen LogP contribution >= 0.6 is 0 Å². The van der Waals surface area contributed by atoms with Crippen molar-refractivity contribution in [3.8, 4) is 0 Å². The van der Waals surface area contributed by atoms with Crippen LogP contribution in [0.5, 0.6) is 0 Å². The summed E-state index contributed by atoms with van der Waals surface area (Å²) in [5, 5.41) is 17.5. The fourth-order valence-electron chi connectivity index (χ4n) is 13.6. The van der Waals surface area contributed by atoms with Gasteiger partial charge in [-0.2, -0.15) is 0 Å². The van der Waals surface area contributed by atoms with Crippen molar-refractivity contribution in [1.82, 2.24) is 54.7 Å². The summed E-state index contributed by atoms with van der Waals surface area (Å²) >= 11 is 0. The monoisotopic (exact) mass is 1450 g/mol. The molecule has 2 saturated heterocycles. The van der Waals surface area contributed by atoms with Crippen LogP contribution in [0, 0.1) is 23.7 Å². The number of nitrogens with one attached hydrogen (secondary N) is 2. The molecule has 2 heterocycles. The number of aliphatic hydroxyl groups excluding tert-OH is 1. The highest BCUT2D eigenvalue weighted by Crippen LogP contribution is 2.27. The van der Waals surface area contributed by atoms with Crippen LogP contribution < -0.4 is 10.6 Å². The van der Waals surface area contributed by atoms with E-state index in [4.69, 9.17) is 4.74 Å². The van der Waals surface area contributed by atoms with E-state index in [1.807, 2.05) is 27.7 Å². The number of hydrogen-bond donors (Lipinski definition) is 3. The summed E-state index contributed by atoms with van der Waals surface area (Å²) in [5.41, 5.74) is 1.02. The minimum atomic E-state index is -1.50. The number of nitrogens with zero attached hydrogens (tertiary/aromatic N) is 9. The van der Waals surface area contributed by atoms with E-state index in [9.17, 15) is 14.7 Å². The average Bonchev–Trinajstić information content (AvgIpc) is 0.818. The lowest BCUT2D eigenvalue weighted by Crippen LogP contribution is -2.62. The molecular formula is C79H119N11O14. The second-order valence-corrected chi connectivity index (χ2v) is 30.8. The molecule has 2 aliphatic heterocycles. The van der Waals surface area contributed by atoms with Gasteiger partial charge in [-0.25, -0.2) is 0 Å². The average molecular weight is 1450 g/mol. The first-order valence-corrected chi connectivity index (χ1v) is 36.7. The van der Waals surface area contributed by atoms with E-state index in [2.05, 4.69) is 10.6 Å². The number of benzene rings is 3. The van der Waals surface area contributed by atoms with E-state index in [-0.39, 0.29) is 43.9 Å². The van der Waals surface area contributed by atoms with Crippen molar-refractivity contribution >= 4 is 70.8 Å². The Hall–Kier alpha value is -8.58. The van der Waals surface area contributed by atoms with Gasteiger partial charge in [-0.1, -0.05) is 133 Å². The van der Waals surface area contributed by atoms with Gasteiger partial charge in [0.25, 0.3) is 0 Å². The van der Waals surface area contributed by atoms with Gasteiger partial charge >= 0.3 is 0 Å². The number of likely N-dealkylation sites (tertiary alicyclic amines) is 1. The lowest BCUT2D eigenvalue weighted by molar-refractivity contribution is -0.156. The van der Waals surface area contributed by atoms with Gasteiger partial charge in [-0.15, -0.1) is 0 Å². The van der Waals surface area contributed by atoms with Gasteiger partial charge in [0, 0.05) is 95.2 Å². The quantitative estimate of drug-likeness (QED) is 0.175. The Labute approximate surface area is 617 Å². The summed E-state index contributed by atoms with van der Waals surface area (Å²) in [5.74, 6) is -10.9. The lowest BCUT2D eigenvalue weighted by atomic mass is 9.87. The number of ether oxygens (including phenoxy) is 1. The van der Waals surface area contributed by atoms with E-state index in [1.54, 1.807) is 131 Å². The molecule has 2 fully saturated rings. The third kappa shape index (κ3) is 23.2. The molecule has 25 heteroatoms. The number of carbonyl (C=O) groups excluding carboxylic acids is 12. The summed E-state index contributed by atoms with van der Waals surface area (Å²) in [4.78, 5) is 194. The summed E-state index contributed by atoms with van der Waals surface area (Å²) < 4.78 is 6.25. The Kier molecular flexibility index (Phi) is 32.2. The predicted molar refractivity (Wildman–Crippen MR) is 397 cm³/mol. The summed E-state index contributed by atoms with van der Waals surface area (Å²) in [7, 11) is 11.2. The first-order valence-electron chi connectivity index (χ1n) is 36.7. The van der Waals surface area contributed by atoms with Gasteiger partial charge in [0.2, 0.25) is 65.0 Å². The molecule has 0 saturated carbocycles. The predicted octanol–water partition coefficient (Wildman–Crippen LogP) is 5.28. The molecule has 3 aromatic carbocycles. The number of hydrogen-bond acceptors (Lipinski definition) is 14. The van der Waals surface area contributed by atoms with E-state index in [0.29, 0.717) is 42.6 Å². The summed E-state index contributed by atoms with van der Waals surface area (Å²) in [6.45, 7) is 20.8. The van der Waals surface area contributed by atoms with Crippen LogP contribution in [-0.4, -0.2) is 268 Å². The molecule has 25 nitrogen and oxygen atoms in total. The number of likely N-dealkylation sites (N-methyl/N-ethyl adjacent to an activating group) is 8. The molecule has 0 bridgehead atoms. The van der Waals surface area contributed by atoms with Crippen LogP contribution in [0.4, 0.5) is 0 Å². The van der Waals surface area contributed by atoms with E-state index in [0.717, 1.165) is 21.1 Å². The van der Waals surface area contributed by atoms with Gasteiger partial charge in [0.05, 0.1) is 36.7 Å². The standard InChI is InChI=1S/C79H119N11O14/c1-49(2)41-59-74(99)89(20)68(51(5)6)66(92)46-58(54(9)91)73(98)87(18)64(45-57-37-29-23-30-38-57)77(102)88(19)65(78(103)90-39-31-24-32-40-90)47-67(93)82(13)52(7)71(96)86(17)63(42-50(3)4)76(101)83(14)53(8)72(97)84(15)61(43-55-33-25-21-26-34-55)70(95)81-60(48-104-79(10,11)12)75(100)85(16)62(69(94)80-59)44-56-35-27-22-28-36-56/h21-23,25-30,33-38,49-54,58-65,68,91H,24,31-32,39-48H2,1-20H3,(H,80,94)(H,81,95)/t52-,53-,54+,58-,59-,60-,61-,62-,63-,64-,65-,68-/m0/s1. The number of ketones is 1. The topological polar surface area (TPSA) is 288 Å². The molecule has 0 aromatic heterocycles. The first kappa shape index (κ1) is 86.1. The van der Waals surface area contributed by atoms with Crippen molar-refractivity contribution in [1.29, 1.82) is 0 Å². The van der Waals surface area contributed by atoms with E-state index < -0.39 is 174 Å². The molecule has 3 aromatic rings. The fraction of sp³-hybridized carbons (Fsp3) is 0.620. The molecule has 5 rings (SSSR count). The number of carbonyl (C=O) groups is 12. The highest BCUT2D eigenvalue weighted by molar-refractivity contribution is 6.00. The molecule has 104 heavy (non-hydrogen) atoms. The van der Waals surface area contributed by atoms with Crippen LogP contribution in [0.15, 0.2) is 91.0 Å². The van der Waals surface area contributed by atoms with Crippen molar-refractivity contribution in [3.63, 3.8) is 0 Å². The first-order chi connectivity index (χ1) is 48.7. The number of piperidine rings is 1. The molecule has 0 unspecified atom stereocenters. The van der Waals surface area contributed by atoms with Crippen LogP contribution in [0.3, 0.4) is 0 Å². The summed E-state index contributed by atoms with van der Waals surface area (Å²) in [6.07, 6.45) is -0.624. The number of aliphatic hydroxyl groups is 1. The fourth-order valence-corrected chi connectivity index (χ4v) is 13.6. The highest BCUT2D eigenvalue weighted by atomic mass is 16.5. The Morgan fingerprint density at radius 3 is 1.32 bits per heavy atom. The van der Waals surface area contributed by atoms with Crippen molar-refractivity contribution in [2.75, 3.05) is 76.1 Å². The molecule has 3 N–H and O–H groups in total. The maximum atomic E-state index is 15.6. The SMILES string of the molecule is CC(C)C[C@@H]1NC(=O)[C@H](Cc2ccccc2)N(C)C(=O)[C@H](COC(C)(C)C)NC(=O)[C@H](Cc2ccccc2)N(C)C(=O)[C@H](C)N(C)C(=O)[C@H](CC(C)C)N(C)C(=O)[C@H](C)N(C)C(=O)C[C@@H](C(=O)N2CCCCC2)N(C)C(=O)[C@H](Cc2ccccc2)N(C)C(=O)[C@H]([C@@H](C)O)CC(=O)[C@H](C(C)C)N(C)C1=O. The molecule has 11 amide bonds. The van der Waals surface area contributed by atoms with E-state index >= 15 is 47.9 Å². The zero-order valence-electron chi connectivity index (χ0n) is 65.3. The van der Waals surface area contributed by atoms with Crippen LogP contribution in [-0.2, 0) is 81.5 Å². The van der Waals surface area contributed by atoms with Gasteiger partial charge in [0.1, 0.15) is 54.4 Å². The maximum absolute atomic E-state index is 15.6. The molecule has 0 aliphatic carbocycles. The number of amides is 11. The van der Waals surface area contributed by atoms with Gasteiger partial charge < -0.3 is 64.6 Å². The maximum Gasteiger partial charge on any atom is 0.247 e. The molecule has 0 spiro atoms. The third-order valence-corrected chi connectivity index (χ3v) is 20.4. The van der Waals surface area contributed by atoms with Crippen molar-refractivity contribution < 1.29 is 67.4 Å². The van der Waals surface area contributed by atoms with Crippen molar-refractivity contribution in [2.24, 2.45) is 23.7 Å². The smallest absolute Gasteiger partial charge is 0.247 e. The van der Waals surface area contributed by atoms with Gasteiger partial charge in [-0.3, -0.25) is 57.5 Å². The second-order valence-electron chi connectivity index (χ2n) is 30.8. The molecule has 574 valence electrons.